The molecule has 5 aromatic rings. The van der Waals surface area contributed by atoms with Gasteiger partial charge >= 0.3 is 36.0 Å². The molecule has 0 radical (unpaired) electrons. The molecule has 0 aliphatic carbocycles. The third-order valence-corrected chi connectivity index (χ3v) is 10.6. The summed E-state index contributed by atoms with van der Waals surface area (Å²) in [5.41, 5.74) is -9.78. The van der Waals surface area contributed by atoms with E-state index < -0.39 is 81.0 Å². The quantitative estimate of drug-likeness (QED) is 0.129. The summed E-state index contributed by atoms with van der Waals surface area (Å²) in [6.07, 6.45) is -10.3. The number of alkyl halides is 14. The molecular weight excluding hydrogens is 1030 g/mol. The Hall–Kier alpha value is -4.48. The third kappa shape index (κ3) is 6.76. The zero-order valence-electron chi connectivity index (χ0n) is 28.2. The SMILES string of the molecule is FC(F)(F)C(F)(F)C(F)(F)c1c2nc(c(-c3ccc(I)cc3)c3ccc([nH]3)c(C(F)(F)C(F)(F)C(F)(F)F)c3ccc([nH]3)c(-c3ccc(I)cc3)c3nc1C=C3)C=C2. The van der Waals surface area contributed by atoms with E-state index >= 15 is 17.6 Å². The molecule has 7 rings (SSSR count). The van der Waals surface area contributed by atoms with Crippen molar-refractivity contribution in [2.45, 2.75) is 36.0 Å². The maximum Gasteiger partial charge on any atom is 0.460 e. The number of nitrogens with one attached hydrogen (secondary N) is 2. The number of aromatic amines is 2. The van der Waals surface area contributed by atoms with Gasteiger partial charge in [-0.3, -0.25) is 0 Å². The van der Waals surface area contributed by atoms with Crippen LogP contribution in [0.5, 0.6) is 0 Å². The summed E-state index contributed by atoms with van der Waals surface area (Å²) in [5, 5.41) is 0. The van der Waals surface area contributed by atoms with Crippen LogP contribution in [-0.2, 0) is 11.8 Å². The Morgan fingerprint density at radius 2 is 0.690 bits per heavy atom. The van der Waals surface area contributed by atoms with Gasteiger partial charge in [0.05, 0.1) is 44.9 Å². The van der Waals surface area contributed by atoms with Crippen molar-refractivity contribution in [1.82, 2.24) is 19.9 Å². The standard InChI is InChI=1S/C38H18F14I2N4/c39-33(40,35(43,44)37(47,48)49)31-25-13-9-21(55-25)29(17-1-5-19(53)6-2-17)22-10-14-26(56-22)32(34(41,42)36(45,46)38(50,51)52)28-16-12-24(58-28)30(23-11-15-27(31)57-23)18-3-7-20(54)8-4-18/h1-16,55,57H. The molecule has 2 aliphatic rings. The highest BCUT2D eigenvalue weighted by molar-refractivity contribution is 14.1. The van der Waals surface area contributed by atoms with E-state index in [2.05, 4.69) is 19.9 Å². The number of H-pyrrole nitrogens is 2. The maximum atomic E-state index is 16.0. The van der Waals surface area contributed by atoms with E-state index in [0.29, 0.717) is 19.3 Å². The summed E-state index contributed by atoms with van der Waals surface area (Å²) < 4.78 is 207. The lowest BCUT2D eigenvalue weighted by atomic mass is 9.98. The van der Waals surface area contributed by atoms with E-state index in [1.807, 2.05) is 45.2 Å². The zero-order valence-corrected chi connectivity index (χ0v) is 32.5. The Morgan fingerprint density at radius 3 is 1.03 bits per heavy atom. The van der Waals surface area contributed by atoms with Crippen LogP contribution in [0.1, 0.15) is 33.9 Å². The fourth-order valence-electron chi connectivity index (χ4n) is 6.38. The van der Waals surface area contributed by atoms with Gasteiger partial charge in [0.25, 0.3) is 0 Å². The molecule has 5 heterocycles. The van der Waals surface area contributed by atoms with Crippen LogP contribution in [-0.4, -0.2) is 44.1 Å². The second kappa shape index (κ2) is 14.1. The first-order valence-corrected chi connectivity index (χ1v) is 18.4. The molecule has 0 spiro atoms. The predicted molar refractivity (Wildman–Crippen MR) is 205 cm³/mol. The summed E-state index contributed by atoms with van der Waals surface area (Å²) in [6.45, 7) is 0. The van der Waals surface area contributed by atoms with Crippen LogP contribution in [0, 0.1) is 7.14 Å². The minimum atomic E-state index is -6.78. The van der Waals surface area contributed by atoms with Crippen LogP contribution >= 0.6 is 45.2 Å². The molecule has 302 valence electrons. The Labute approximate surface area is 343 Å². The van der Waals surface area contributed by atoms with Crippen molar-refractivity contribution in [3.8, 4) is 22.3 Å². The summed E-state index contributed by atoms with van der Waals surface area (Å²) in [6, 6.07) is 15.0. The lowest BCUT2D eigenvalue weighted by Crippen LogP contribution is -2.50. The molecule has 0 saturated heterocycles. The van der Waals surface area contributed by atoms with Gasteiger partial charge in [0.1, 0.15) is 0 Å². The fraction of sp³-hybridized carbons (Fsp3) is 0.158. The Bertz CT molecular complexity index is 2530. The topological polar surface area (TPSA) is 57.4 Å². The van der Waals surface area contributed by atoms with E-state index in [9.17, 15) is 43.9 Å². The number of nitrogens with zero attached hydrogens (tertiary/aromatic N) is 2. The smallest absolute Gasteiger partial charge is 0.354 e. The molecule has 2 N–H and O–H groups in total. The zero-order chi connectivity index (χ0) is 42.4. The third-order valence-electron chi connectivity index (χ3n) is 9.15. The van der Waals surface area contributed by atoms with Gasteiger partial charge in [-0.1, -0.05) is 24.3 Å². The maximum absolute atomic E-state index is 16.0. The van der Waals surface area contributed by atoms with E-state index in [1.54, 1.807) is 0 Å². The van der Waals surface area contributed by atoms with Crippen molar-refractivity contribution in [3.63, 3.8) is 0 Å². The number of hydrogen-bond acceptors (Lipinski definition) is 2. The van der Waals surface area contributed by atoms with Gasteiger partial charge in [-0.2, -0.15) is 61.5 Å². The van der Waals surface area contributed by atoms with Crippen molar-refractivity contribution in [2.24, 2.45) is 0 Å². The number of rotatable bonds is 6. The van der Waals surface area contributed by atoms with Crippen molar-refractivity contribution in [3.05, 3.63) is 114 Å². The molecule has 3 aromatic heterocycles. The van der Waals surface area contributed by atoms with Crippen molar-refractivity contribution in [1.29, 1.82) is 0 Å². The first-order chi connectivity index (χ1) is 26.9. The molecular formula is C38H18F14I2N4. The molecule has 0 atom stereocenters. The summed E-state index contributed by atoms with van der Waals surface area (Å²) in [4.78, 5) is 12.9. The number of aromatic nitrogens is 4. The van der Waals surface area contributed by atoms with E-state index in [4.69, 9.17) is 0 Å². The van der Waals surface area contributed by atoms with Gasteiger partial charge < -0.3 is 9.97 Å². The molecule has 0 fully saturated rings. The average Bonchev–Trinajstić information content (AvgIpc) is 3.96. The first-order valence-electron chi connectivity index (χ1n) is 16.2. The van der Waals surface area contributed by atoms with Crippen LogP contribution in [0.15, 0.2) is 72.8 Å². The fourth-order valence-corrected chi connectivity index (χ4v) is 7.10. The normalized spacial score (nSPS) is 14.1. The number of hydrogen-bond donors (Lipinski definition) is 2. The molecule has 0 unspecified atom stereocenters. The monoisotopic (exact) mass is 1050 g/mol. The van der Waals surface area contributed by atoms with E-state index in [0.717, 1.165) is 36.4 Å². The molecule has 20 heteroatoms. The minimum absolute atomic E-state index is 0.0927. The van der Waals surface area contributed by atoms with Crippen LogP contribution in [0.4, 0.5) is 61.5 Å². The highest BCUT2D eigenvalue weighted by Gasteiger charge is 2.75. The Kier molecular flexibility index (Phi) is 10.1. The first kappa shape index (κ1) is 41.7. The number of halogens is 16. The molecule has 2 aromatic carbocycles. The lowest BCUT2D eigenvalue weighted by Gasteiger charge is -2.29. The second-order valence-electron chi connectivity index (χ2n) is 12.8. The number of benzene rings is 2. The summed E-state index contributed by atoms with van der Waals surface area (Å²) >= 11 is 3.80. The van der Waals surface area contributed by atoms with Crippen LogP contribution in [0.2, 0.25) is 0 Å². The van der Waals surface area contributed by atoms with Crippen LogP contribution < -0.4 is 0 Å². The second-order valence-corrected chi connectivity index (χ2v) is 15.3. The highest BCUT2D eigenvalue weighted by atomic mass is 127. The molecule has 58 heavy (non-hydrogen) atoms. The van der Waals surface area contributed by atoms with Crippen LogP contribution in [0.25, 0.3) is 68.6 Å². The molecule has 8 bridgehead atoms. The predicted octanol–water partition coefficient (Wildman–Crippen LogP) is 13.8. The van der Waals surface area contributed by atoms with Gasteiger partial charge in [-0.25, -0.2) is 9.97 Å². The summed E-state index contributed by atoms with van der Waals surface area (Å²) in [7, 11) is 0. The van der Waals surface area contributed by atoms with Crippen LogP contribution in [0.3, 0.4) is 0 Å². The highest BCUT2D eigenvalue weighted by Crippen LogP contribution is 2.55. The van der Waals surface area contributed by atoms with E-state index in [-0.39, 0.29) is 33.3 Å². The molecule has 2 aliphatic heterocycles. The van der Waals surface area contributed by atoms with Gasteiger partial charge in [0.2, 0.25) is 0 Å². The van der Waals surface area contributed by atoms with Crippen molar-refractivity contribution < 1.29 is 61.5 Å². The van der Waals surface area contributed by atoms with Gasteiger partial charge in [-0.05, 0) is 129 Å². The minimum Gasteiger partial charge on any atom is -0.354 e. The van der Waals surface area contributed by atoms with Gasteiger partial charge in [0.15, 0.2) is 0 Å². The Morgan fingerprint density at radius 1 is 0.379 bits per heavy atom. The van der Waals surface area contributed by atoms with Crippen molar-refractivity contribution in [2.75, 3.05) is 0 Å². The number of fused-ring (bicyclic) bond motifs is 8. The molecule has 0 amide bonds. The van der Waals surface area contributed by atoms with Gasteiger partial charge in [-0.15, -0.1) is 0 Å². The summed E-state index contributed by atoms with van der Waals surface area (Å²) in [5.74, 6) is -25.3. The largest absolute Gasteiger partial charge is 0.460 e. The molecule has 4 nitrogen and oxygen atoms in total. The van der Waals surface area contributed by atoms with E-state index in [1.165, 1.54) is 48.5 Å². The van der Waals surface area contributed by atoms with Gasteiger partial charge in [0, 0.05) is 29.3 Å². The lowest BCUT2D eigenvalue weighted by molar-refractivity contribution is -0.359. The molecule has 0 saturated carbocycles. The average molecular weight is 1050 g/mol. The Balaban J connectivity index is 1.74. The van der Waals surface area contributed by atoms with Crippen molar-refractivity contribution >= 4 is 91.6 Å².